The van der Waals surface area contributed by atoms with E-state index in [9.17, 15) is 9.59 Å². The maximum absolute atomic E-state index is 12.7. The van der Waals surface area contributed by atoms with Crippen LogP contribution < -0.4 is 10.1 Å². The average molecular weight is 422 g/mol. The number of hydrogen-bond donors (Lipinski definition) is 1. The van der Waals surface area contributed by atoms with E-state index in [1.54, 1.807) is 29.2 Å². The smallest absolute Gasteiger partial charge is 0.273 e. The summed E-state index contributed by atoms with van der Waals surface area (Å²) in [6, 6.07) is 6.81. The Kier molecular flexibility index (Phi) is 8.51. The van der Waals surface area contributed by atoms with E-state index in [0.717, 1.165) is 0 Å². The number of nitrogens with zero attached hydrogens (tertiary/aromatic N) is 2. The molecule has 0 spiro atoms. The summed E-state index contributed by atoms with van der Waals surface area (Å²) in [6.07, 6.45) is 1.31. The Morgan fingerprint density at radius 2 is 1.86 bits per heavy atom. The quantitative estimate of drug-likeness (QED) is 0.631. The van der Waals surface area contributed by atoms with Crippen LogP contribution in [-0.2, 0) is 11.3 Å². The molecular formula is C21H28ClN3O4. The highest BCUT2D eigenvalue weighted by Crippen LogP contribution is 2.16. The molecule has 1 aromatic heterocycles. The van der Waals surface area contributed by atoms with Crippen LogP contribution in [0.1, 0.15) is 44.1 Å². The minimum atomic E-state index is -0.290. The Bertz CT molecular complexity index is 803. The summed E-state index contributed by atoms with van der Waals surface area (Å²) in [5.74, 6) is 0.968. The van der Waals surface area contributed by atoms with Gasteiger partial charge < -0.3 is 19.4 Å². The second kappa shape index (κ2) is 10.9. The first-order valence-corrected chi connectivity index (χ1v) is 10.0. The third-order valence-corrected chi connectivity index (χ3v) is 4.15. The molecular weight excluding hydrogens is 394 g/mol. The van der Waals surface area contributed by atoms with Crippen LogP contribution in [0.3, 0.4) is 0 Å². The number of hydrogen-bond acceptors (Lipinski definition) is 5. The molecule has 2 aromatic rings. The van der Waals surface area contributed by atoms with Crippen LogP contribution in [0.5, 0.6) is 5.75 Å². The SMILES string of the molecule is CC(C)CNC(=O)c1coc(CN(CC(C)C)C(=O)COc2ccc(Cl)cc2)n1. The Balaban J connectivity index is 1.98. The average Bonchev–Trinajstić information content (AvgIpc) is 3.13. The van der Waals surface area contributed by atoms with Crippen molar-refractivity contribution in [1.29, 1.82) is 0 Å². The second-order valence-electron chi connectivity index (χ2n) is 7.64. The molecule has 7 nitrogen and oxygen atoms in total. The number of amides is 2. The first kappa shape index (κ1) is 22.7. The summed E-state index contributed by atoms with van der Waals surface area (Å²) in [5, 5.41) is 3.39. The first-order chi connectivity index (χ1) is 13.7. The molecule has 8 heteroatoms. The minimum Gasteiger partial charge on any atom is -0.484 e. The van der Waals surface area contributed by atoms with Crippen molar-refractivity contribution < 1.29 is 18.7 Å². The van der Waals surface area contributed by atoms with Gasteiger partial charge in [0, 0.05) is 18.1 Å². The molecule has 2 rings (SSSR count). The lowest BCUT2D eigenvalue weighted by Gasteiger charge is -2.23. The third kappa shape index (κ3) is 7.77. The molecule has 0 fully saturated rings. The van der Waals surface area contributed by atoms with E-state index >= 15 is 0 Å². The van der Waals surface area contributed by atoms with Crippen molar-refractivity contribution in [3.63, 3.8) is 0 Å². The normalized spacial score (nSPS) is 11.0. The minimum absolute atomic E-state index is 0.114. The Labute approximate surface area is 176 Å². The van der Waals surface area contributed by atoms with Crippen molar-refractivity contribution in [2.75, 3.05) is 19.7 Å². The maximum Gasteiger partial charge on any atom is 0.273 e. The molecule has 0 radical (unpaired) electrons. The van der Waals surface area contributed by atoms with Crippen LogP contribution in [0.2, 0.25) is 5.02 Å². The molecule has 0 aliphatic carbocycles. The van der Waals surface area contributed by atoms with Gasteiger partial charge in [0.05, 0.1) is 6.54 Å². The Hall–Kier alpha value is -2.54. The predicted octanol–water partition coefficient (Wildman–Crippen LogP) is 3.78. The molecule has 0 aliphatic rings. The lowest BCUT2D eigenvalue weighted by atomic mass is 10.2. The van der Waals surface area contributed by atoms with Gasteiger partial charge in [-0.3, -0.25) is 9.59 Å². The molecule has 1 aromatic carbocycles. The number of aromatic nitrogens is 1. The lowest BCUT2D eigenvalue weighted by molar-refractivity contribution is -0.134. The van der Waals surface area contributed by atoms with Gasteiger partial charge >= 0.3 is 0 Å². The number of carbonyl (C=O) groups is 2. The molecule has 0 atom stereocenters. The van der Waals surface area contributed by atoms with Gasteiger partial charge in [-0.2, -0.15) is 0 Å². The van der Waals surface area contributed by atoms with Crippen molar-refractivity contribution >= 4 is 23.4 Å². The van der Waals surface area contributed by atoms with E-state index in [2.05, 4.69) is 10.3 Å². The largest absolute Gasteiger partial charge is 0.484 e. The zero-order valence-corrected chi connectivity index (χ0v) is 18.0. The van der Waals surface area contributed by atoms with Crippen LogP contribution in [0, 0.1) is 11.8 Å². The van der Waals surface area contributed by atoms with Gasteiger partial charge in [0.1, 0.15) is 12.0 Å². The summed E-state index contributed by atoms with van der Waals surface area (Å²) in [6.45, 7) is 9.17. The molecule has 0 saturated heterocycles. The third-order valence-electron chi connectivity index (χ3n) is 3.90. The van der Waals surface area contributed by atoms with E-state index in [1.807, 2.05) is 27.7 Å². The molecule has 0 unspecified atom stereocenters. The number of ether oxygens (including phenoxy) is 1. The summed E-state index contributed by atoms with van der Waals surface area (Å²) in [5.41, 5.74) is 0.204. The number of carbonyl (C=O) groups excluding carboxylic acids is 2. The summed E-state index contributed by atoms with van der Waals surface area (Å²) >= 11 is 5.86. The van der Waals surface area contributed by atoms with Crippen molar-refractivity contribution in [2.24, 2.45) is 11.8 Å². The standard InChI is InChI=1S/C21H28ClN3O4/c1-14(2)9-23-21(27)18-12-29-19(24-18)11-25(10-15(3)4)20(26)13-28-17-7-5-16(22)6-8-17/h5-8,12,14-15H,9-11,13H2,1-4H3,(H,23,27). The van der Waals surface area contributed by atoms with Gasteiger partial charge in [-0.25, -0.2) is 4.98 Å². The molecule has 0 aliphatic heterocycles. The molecule has 158 valence electrons. The molecule has 0 saturated carbocycles. The predicted molar refractivity (Wildman–Crippen MR) is 111 cm³/mol. The van der Waals surface area contributed by atoms with Gasteiger partial charge in [-0.15, -0.1) is 0 Å². The number of nitrogens with one attached hydrogen (secondary N) is 1. The van der Waals surface area contributed by atoms with Gasteiger partial charge in [0.15, 0.2) is 12.3 Å². The molecule has 0 bridgehead atoms. The van der Waals surface area contributed by atoms with E-state index in [0.29, 0.717) is 35.7 Å². The van der Waals surface area contributed by atoms with E-state index in [4.69, 9.17) is 20.8 Å². The number of halogens is 1. The van der Waals surface area contributed by atoms with Gasteiger partial charge in [-0.1, -0.05) is 39.3 Å². The van der Waals surface area contributed by atoms with Crippen molar-refractivity contribution in [3.8, 4) is 5.75 Å². The Morgan fingerprint density at radius 3 is 2.48 bits per heavy atom. The number of benzene rings is 1. The zero-order valence-electron chi connectivity index (χ0n) is 17.3. The fourth-order valence-corrected chi connectivity index (χ4v) is 2.63. The van der Waals surface area contributed by atoms with Gasteiger partial charge in [-0.05, 0) is 36.1 Å². The Morgan fingerprint density at radius 1 is 1.17 bits per heavy atom. The fraction of sp³-hybridized carbons (Fsp3) is 0.476. The van der Waals surface area contributed by atoms with E-state index < -0.39 is 0 Å². The van der Waals surface area contributed by atoms with Crippen LogP contribution in [-0.4, -0.2) is 41.4 Å². The van der Waals surface area contributed by atoms with Crippen LogP contribution in [0.25, 0.3) is 0 Å². The maximum atomic E-state index is 12.7. The fourth-order valence-electron chi connectivity index (χ4n) is 2.50. The lowest BCUT2D eigenvalue weighted by Crippen LogP contribution is -2.37. The molecule has 29 heavy (non-hydrogen) atoms. The second-order valence-corrected chi connectivity index (χ2v) is 8.08. The zero-order chi connectivity index (χ0) is 21.4. The van der Waals surface area contributed by atoms with E-state index in [1.165, 1.54) is 6.26 Å². The molecule has 1 heterocycles. The van der Waals surface area contributed by atoms with Crippen LogP contribution in [0.15, 0.2) is 34.9 Å². The van der Waals surface area contributed by atoms with Crippen LogP contribution in [0.4, 0.5) is 0 Å². The first-order valence-electron chi connectivity index (χ1n) is 9.63. The molecule has 2 amide bonds. The summed E-state index contributed by atoms with van der Waals surface area (Å²) < 4.78 is 11.0. The number of rotatable bonds is 10. The van der Waals surface area contributed by atoms with E-state index in [-0.39, 0.29) is 36.6 Å². The highest BCUT2D eigenvalue weighted by atomic mass is 35.5. The van der Waals surface area contributed by atoms with Gasteiger partial charge in [0.25, 0.3) is 11.8 Å². The van der Waals surface area contributed by atoms with Crippen molar-refractivity contribution in [2.45, 2.75) is 34.2 Å². The van der Waals surface area contributed by atoms with Crippen LogP contribution >= 0.6 is 11.6 Å². The highest BCUT2D eigenvalue weighted by molar-refractivity contribution is 6.30. The van der Waals surface area contributed by atoms with Crippen molar-refractivity contribution in [1.82, 2.24) is 15.2 Å². The number of oxazole rings is 1. The van der Waals surface area contributed by atoms with Crippen molar-refractivity contribution in [3.05, 3.63) is 47.1 Å². The topological polar surface area (TPSA) is 84.7 Å². The van der Waals surface area contributed by atoms with Gasteiger partial charge in [0.2, 0.25) is 5.89 Å². The molecule has 1 N–H and O–H groups in total. The summed E-state index contributed by atoms with van der Waals surface area (Å²) in [4.78, 5) is 30.6. The monoisotopic (exact) mass is 421 g/mol. The summed E-state index contributed by atoms with van der Waals surface area (Å²) in [7, 11) is 0. The highest BCUT2D eigenvalue weighted by Gasteiger charge is 2.20.